The van der Waals surface area contributed by atoms with Crippen LogP contribution in [0.4, 0.5) is 0 Å². The Balaban J connectivity index is -0.00000133. The van der Waals surface area contributed by atoms with Crippen LogP contribution in [0.25, 0.3) is 0 Å². The standard InChI is InChI=1S/C21H44O3S.C3H9N.H3N/c1-3-5-6-7-8-9-10-11-12-13-14-15-16-17-18-19-20-24-25(22,23)21-4-2;1-4(2)3;/h3-21H2,1-2H3;1-3H3;1H3. The Labute approximate surface area is 190 Å². The zero-order valence-corrected chi connectivity index (χ0v) is 22.0. The quantitative estimate of drug-likeness (QED) is 0.154. The van der Waals surface area contributed by atoms with Crippen LogP contribution in [0.2, 0.25) is 0 Å². The molecule has 0 aliphatic carbocycles. The van der Waals surface area contributed by atoms with Crippen LogP contribution in [0.3, 0.4) is 0 Å². The van der Waals surface area contributed by atoms with E-state index in [1.807, 2.05) is 33.0 Å². The van der Waals surface area contributed by atoms with Crippen molar-refractivity contribution in [1.82, 2.24) is 11.1 Å². The van der Waals surface area contributed by atoms with E-state index in [9.17, 15) is 8.42 Å². The van der Waals surface area contributed by atoms with E-state index < -0.39 is 10.1 Å². The summed E-state index contributed by atoms with van der Waals surface area (Å²) < 4.78 is 27.7. The number of hydrogen-bond donors (Lipinski definition) is 1. The molecule has 0 aromatic rings. The molecule has 0 heterocycles. The SMILES string of the molecule is CCCCCCCCCCCCCCCCCCOS(=O)(=O)CCC.CN(C)C.N. The van der Waals surface area contributed by atoms with Gasteiger partial charge in [-0.25, -0.2) is 0 Å². The van der Waals surface area contributed by atoms with Gasteiger partial charge in [0.25, 0.3) is 10.1 Å². The third-order valence-corrected chi connectivity index (χ3v) is 6.15. The Morgan fingerprint density at radius 2 is 0.867 bits per heavy atom. The summed E-state index contributed by atoms with van der Waals surface area (Å²) in [6.07, 6.45) is 21.8. The van der Waals surface area contributed by atoms with E-state index in [2.05, 4.69) is 6.92 Å². The van der Waals surface area contributed by atoms with Crippen molar-refractivity contribution in [2.24, 2.45) is 0 Å². The Morgan fingerprint density at radius 3 is 1.17 bits per heavy atom. The molecule has 0 aliphatic rings. The molecule has 0 aliphatic heterocycles. The highest BCUT2D eigenvalue weighted by molar-refractivity contribution is 7.86. The summed E-state index contributed by atoms with van der Waals surface area (Å²) in [5.41, 5.74) is 0. The third-order valence-electron chi connectivity index (χ3n) is 4.71. The van der Waals surface area contributed by atoms with Crippen LogP contribution < -0.4 is 6.15 Å². The monoisotopic (exact) mass is 452 g/mol. The normalized spacial score (nSPS) is 11.1. The molecule has 0 fully saturated rings. The molecule has 0 bridgehead atoms. The van der Waals surface area contributed by atoms with Gasteiger partial charge in [-0.15, -0.1) is 0 Å². The van der Waals surface area contributed by atoms with Crippen LogP contribution >= 0.6 is 0 Å². The Bertz CT molecular complexity index is 399. The smallest absolute Gasteiger partial charge is 0.267 e. The maximum absolute atomic E-state index is 11.4. The molecule has 0 rings (SSSR count). The van der Waals surface area contributed by atoms with Crippen molar-refractivity contribution < 1.29 is 12.6 Å². The first kappa shape index (κ1) is 34.4. The third kappa shape index (κ3) is 35.3. The molecule has 0 saturated carbocycles. The molecular formula is C24H56N2O3S. The highest BCUT2D eigenvalue weighted by atomic mass is 32.2. The van der Waals surface area contributed by atoms with Gasteiger partial charge in [-0.05, 0) is 34.0 Å². The van der Waals surface area contributed by atoms with Gasteiger partial charge >= 0.3 is 0 Å². The van der Waals surface area contributed by atoms with E-state index in [1.54, 1.807) is 0 Å². The molecule has 6 heteroatoms. The van der Waals surface area contributed by atoms with Crippen molar-refractivity contribution >= 4 is 10.1 Å². The summed E-state index contributed by atoms with van der Waals surface area (Å²) in [7, 11) is 2.75. The second kappa shape index (κ2) is 26.9. The Kier molecular flexibility index (Phi) is 30.8. The molecule has 0 spiro atoms. The largest absolute Gasteiger partial charge is 0.344 e. The van der Waals surface area contributed by atoms with E-state index in [0.29, 0.717) is 13.0 Å². The van der Waals surface area contributed by atoms with Crippen molar-refractivity contribution in [3.8, 4) is 0 Å². The molecule has 0 saturated heterocycles. The lowest BCUT2D eigenvalue weighted by atomic mass is 10.0. The first-order chi connectivity index (χ1) is 13.9. The van der Waals surface area contributed by atoms with E-state index in [4.69, 9.17) is 4.18 Å². The van der Waals surface area contributed by atoms with Gasteiger partial charge in [0.05, 0.1) is 12.4 Å². The maximum Gasteiger partial charge on any atom is 0.267 e. The fourth-order valence-corrected chi connectivity index (χ4v) is 4.13. The highest BCUT2D eigenvalue weighted by Crippen LogP contribution is 2.13. The summed E-state index contributed by atoms with van der Waals surface area (Å²) in [5.74, 6) is 0.145. The minimum atomic E-state index is -3.25. The van der Waals surface area contributed by atoms with Gasteiger partial charge in [-0.1, -0.05) is 110 Å². The van der Waals surface area contributed by atoms with Crippen LogP contribution in [-0.4, -0.2) is 46.8 Å². The minimum absolute atomic E-state index is 0. The van der Waals surface area contributed by atoms with Gasteiger partial charge in [0.15, 0.2) is 0 Å². The van der Waals surface area contributed by atoms with Crippen molar-refractivity contribution in [3.05, 3.63) is 0 Å². The maximum atomic E-state index is 11.4. The first-order valence-corrected chi connectivity index (χ1v) is 13.9. The van der Waals surface area contributed by atoms with Crippen molar-refractivity contribution in [2.45, 2.75) is 123 Å². The fraction of sp³-hybridized carbons (Fsp3) is 1.00. The van der Waals surface area contributed by atoms with E-state index >= 15 is 0 Å². The summed E-state index contributed by atoms with van der Waals surface area (Å²) in [6.45, 7) is 4.49. The average molecular weight is 453 g/mol. The molecule has 0 radical (unpaired) electrons. The molecule has 3 N–H and O–H groups in total. The van der Waals surface area contributed by atoms with E-state index in [0.717, 1.165) is 12.8 Å². The van der Waals surface area contributed by atoms with Gasteiger partial charge < -0.3 is 11.1 Å². The average Bonchev–Trinajstić information content (AvgIpc) is 2.63. The molecule has 0 amide bonds. The first-order valence-electron chi connectivity index (χ1n) is 12.3. The summed E-state index contributed by atoms with van der Waals surface area (Å²) in [6, 6.07) is 0. The number of nitrogens with zero attached hydrogens (tertiary/aromatic N) is 1. The molecule has 5 nitrogen and oxygen atoms in total. The second-order valence-corrected chi connectivity index (χ2v) is 10.5. The van der Waals surface area contributed by atoms with E-state index in [-0.39, 0.29) is 11.9 Å². The fourth-order valence-electron chi connectivity index (χ4n) is 3.14. The number of hydrogen-bond acceptors (Lipinski definition) is 5. The lowest BCUT2D eigenvalue weighted by molar-refractivity contribution is 0.306. The van der Waals surface area contributed by atoms with Crippen molar-refractivity contribution in [3.63, 3.8) is 0 Å². The highest BCUT2D eigenvalue weighted by Gasteiger charge is 2.08. The van der Waals surface area contributed by atoms with Crippen LogP contribution in [0.1, 0.15) is 123 Å². The number of unbranched alkanes of at least 4 members (excludes halogenated alkanes) is 15. The predicted octanol–water partition coefficient (Wildman–Crippen LogP) is 7.34. The zero-order chi connectivity index (χ0) is 22.2. The topological polar surface area (TPSA) is 81.6 Å². The van der Waals surface area contributed by atoms with Crippen LogP contribution in [0.15, 0.2) is 0 Å². The lowest BCUT2D eigenvalue weighted by Crippen LogP contribution is -2.10. The molecular weight excluding hydrogens is 396 g/mol. The number of rotatable bonds is 20. The van der Waals surface area contributed by atoms with Crippen LogP contribution in [0, 0.1) is 0 Å². The molecule has 0 aromatic heterocycles. The van der Waals surface area contributed by atoms with Gasteiger partial charge in [-0.3, -0.25) is 4.18 Å². The molecule has 0 unspecified atom stereocenters. The predicted molar refractivity (Wildman–Crippen MR) is 134 cm³/mol. The summed E-state index contributed by atoms with van der Waals surface area (Å²) >= 11 is 0. The Morgan fingerprint density at radius 1 is 0.567 bits per heavy atom. The van der Waals surface area contributed by atoms with Crippen molar-refractivity contribution in [2.75, 3.05) is 33.5 Å². The molecule has 0 atom stereocenters. The van der Waals surface area contributed by atoms with Crippen LogP contribution in [0.5, 0.6) is 0 Å². The minimum Gasteiger partial charge on any atom is -0.344 e. The second-order valence-electron chi connectivity index (χ2n) is 8.73. The van der Waals surface area contributed by atoms with Gasteiger partial charge in [0.1, 0.15) is 0 Å². The van der Waals surface area contributed by atoms with E-state index in [1.165, 1.54) is 89.9 Å². The lowest BCUT2D eigenvalue weighted by Gasteiger charge is -2.05. The summed E-state index contributed by atoms with van der Waals surface area (Å²) in [5, 5.41) is 0. The summed E-state index contributed by atoms with van der Waals surface area (Å²) in [4.78, 5) is 2.00. The molecule has 30 heavy (non-hydrogen) atoms. The van der Waals surface area contributed by atoms with Crippen LogP contribution in [-0.2, 0) is 14.3 Å². The molecule has 0 aromatic carbocycles. The zero-order valence-electron chi connectivity index (χ0n) is 21.2. The van der Waals surface area contributed by atoms with Gasteiger partial charge in [0, 0.05) is 0 Å². The molecule has 186 valence electrons. The van der Waals surface area contributed by atoms with Crippen molar-refractivity contribution in [1.29, 1.82) is 0 Å². The van der Waals surface area contributed by atoms with Gasteiger partial charge in [0.2, 0.25) is 0 Å². The Hall–Kier alpha value is -0.170. The van der Waals surface area contributed by atoms with Gasteiger partial charge in [-0.2, -0.15) is 8.42 Å².